The quantitative estimate of drug-likeness (QED) is 0.297. The van der Waals surface area contributed by atoms with Gasteiger partial charge in [-0.3, -0.25) is 4.79 Å². The minimum atomic E-state index is -0.315. The molecule has 168 valence electrons. The predicted octanol–water partition coefficient (Wildman–Crippen LogP) is 7.06. The van der Waals surface area contributed by atoms with E-state index in [4.69, 9.17) is 4.74 Å². The van der Waals surface area contributed by atoms with Crippen LogP contribution >= 0.6 is 0 Å². The van der Waals surface area contributed by atoms with Gasteiger partial charge in [0.1, 0.15) is 5.82 Å². The Morgan fingerprint density at radius 2 is 1.82 bits per heavy atom. The van der Waals surface area contributed by atoms with Crippen LogP contribution in [0, 0.1) is 12.7 Å². The summed E-state index contributed by atoms with van der Waals surface area (Å²) in [5.41, 5.74) is 5.99. The molecule has 0 bridgehead atoms. The van der Waals surface area contributed by atoms with E-state index in [1.807, 2.05) is 6.07 Å². The highest BCUT2D eigenvalue weighted by Crippen LogP contribution is 2.32. The fourth-order valence-corrected chi connectivity index (χ4v) is 4.13. The first-order valence-corrected chi connectivity index (χ1v) is 11.3. The molecule has 0 aromatic heterocycles. The summed E-state index contributed by atoms with van der Waals surface area (Å²) < 4.78 is 19.4. The van der Waals surface area contributed by atoms with Gasteiger partial charge in [0.15, 0.2) is 0 Å². The topological polar surface area (TPSA) is 38.3 Å². The number of carbonyl (C=O) groups is 1. The molecular formula is C29H28FNO2. The lowest BCUT2D eigenvalue weighted by Crippen LogP contribution is -2.06. The summed E-state index contributed by atoms with van der Waals surface area (Å²) in [4.78, 5) is 11.5. The number of carbonyl (C=O) groups excluding carboxylic acids is 1. The molecular weight excluding hydrogens is 413 g/mol. The van der Waals surface area contributed by atoms with E-state index >= 15 is 0 Å². The lowest BCUT2D eigenvalue weighted by molar-refractivity contribution is -0.143. The Morgan fingerprint density at radius 1 is 0.970 bits per heavy atom. The molecule has 0 saturated heterocycles. The molecule has 0 amide bonds. The normalized spacial score (nSPS) is 10.9. The van der Waals surface area contributed by atoms with Crippen molar-refractivity contribution in [3.8, 4) is 11.1 Å². The van der Waals surface area contributed by atoms with E-state index in [-0.39, 0.29) is 18.2 Å². The molecule has 0 unspecified atom stereocenters. The summed E-state index contributed by atoms with van der Waals surface area (Å²) >= 11 is 0. The third kappa shape index (κ3) is 5.40. The van der Waals surface area contributed by atoms with Crippen LogP contribution in [-0.4, -0.2) is 12.6 Å². The van der Waals surface area contributed by atoms with Crippen LogP contribution in [0.15, 0.2) is 78.9 Å². The molecule has 0 heterocycles. The van der Waals surface area contributed by atoms with Crippen molar-refractivity contribution >= 4 is 22.4 Å². The van der Waals surface area contributed by atoms with Crippen molar-refractivity contribution in [2.24, 2.45) is 0 Å². The molecule has 1 N–H and O–H groups in total. The van der Waals surface area contributed by atoms with Crippen molar-refractivity contribution in [2.75, 3.05) is 11.9 Å². The van der Waals surface area contributed by atoms with E-state index in [0.717, 1.165) is 5.56 Å². The SMILES string of the molecule is CCOC(=O)CCc1ccc(NCc2cccc(-c3c(C)ccc4ccccc34)c2)cc1F. The first-order valence-electron chi connectivity index (χ1n) is 11.3. The molecule has 0 fully saturated rings. The Kier molecular flexibility index (Phi) is 7.04. The molecule has 0 aliphatic heterocycles. The van der Waals surface area contributed by atoms with E-state index in [9.17, 15) is 9.18 Å². The van der Waals surface area contributed by atoms with Gasteiger partial charge in [-0.25, -0.2) is 4.39 Å². The molecule has 4 heteroatoms. The number of anilines is 1. The predicted molar refractivity (Wildman–Crippen MR) is 133 cm³/mol. The van der Waals surface area contributed by atoms with Gasteiger partial charge in [0.25, 0.3) is 0 Å². The molecule has 0 atom stereocenters. The van der Waals surface area contributed by atoms with Gasteiger partial charge in [-0.2, -0.15) is 0 Å². The second-order valence-electron chi connectivity index (χ2n) is 8.14. The molecule has 3 nitrogen and oxygen atoms in total. The number of hydrogen-bond acceptors (Lipinski definition) is 3. The third-order valence-electron chi connectivity index (χ3n) is 5.81. The summed E-state index contributed by atoms with van der Waals surface area (Å²) in [6.07, 6.45) is 0.509. The average Bonchev–Trinajstić information content (AvgIpc) is 2.82. The summed E-state index contributed by atoms with van der Waals surface area (Å²) in [5, 5.41) is 5.77. The number of aryl methyl sites for hydroxylation is 2. The lowest BCUT2D eigenvalue weighted by Gasteiger charge is -2.13. The number of nitrogens with one attached hydrogen (secondary N) is 1. The second-order valence-corrected chi connectivity index (χ2v) is 8.14. The zero-order valence-electron chi connectivity index (χ0n) is 19.0. The Morgan fingerprint density at radius 3 is 2.64 bits per heavy atom. The van der Waals surface area contributed by atoms with Gasteiger partial charge in [0.2, 0.25) is 0 Å². The van der Waals surface area contributed by atoms with Crippen LogP contribution in [0.4, 0.5) is 10.1 Å². The third-order valence-corrected chi connectivity index (χ3v) is 5.81. The van der Waals surface area contributed by atoms with Crippen molar-refractivity contribution in [3.63, 3.8) is 0 Å². The molecule has 4 aromatic rings. The fraction of sp³-hybridized carbons (Fsp3) is 0.207. The molecule has 4 aromatic carbocycles. The first-order chi connectivity index (χ1) is 16.0. The van der Waals surface area contributed by atoms with Gasteiger partial charge in [0, 0.05) is 18.7 Å². The Hall–Kier alpha value is -3.66. The highest BCUT2D eigenvalue weighted by atomic mass is 19.1. The van der Waals surface area contributed by atoms with Crippen LogP contribution in [0.25, 0.3) is 21.9 Å². The monoisotopic (exact) mass is 441 g/mol. The standard InChI is InChI=1S/C29H28FNO2/c1-3-33-28(32)16-14-23-13-15-25(18-27(23)30)31-19-21-7-6-9-24(17-21)29-20(2)11-12-22-8-4-5-10-26(22)29/h4-13,15,17-18,31H,3,14,16,19H2,1-2H3. The van der Waals surface area contributed by atoms with Gasteiger partial charge in [-0.05, 0) is 77.1 Å². The van der Waals surface area contributed by atoms with Gasteiger partial charge >= 0.3 is 5.97 Å². The summed E-state index contributed by atoms with van der Waals surface area (Å²) in [5.74, 6) is -0.621. The van der Waals surface area contributed by atoms with Crippen LogP contribution in [0.3, 0.4) is 0 Å². The van der Waals surface area contributed by atoms with Crippen LogP contribution < -0.4 is 5.32 Å². The number of ether oxygens (including phenoxy) is 1. The van der Waals surface area contributed by atoms with Crippen LogP contribution in [0.5, 0.6) is 0 Å². The molecule has 4 rings (SSSR count). The molecule has 0 spiro atoms. The number of fused-ring (bicyclic) bond motifs is 1. The largest absolute Gasteiger partial charge is 0.466 e. The molecule has 0 aliphatic carbocycles. The Bertz CT molecular complexity index is 1280. The van der Waals surface area contributed by atoms with Crippen LogP contribution in [0.1, 0.15) is 30.0 Å². The smallest absolute Gasteiger partial charge is 0.306 e. The van der Waals surface area contributed by atoms with E-state index in [2.05, 4.69) is 72.9 Å². The zero-order chi connectivity index (χ0) is 23.2. The van der Waals surface area contributed by atoms with E-state index < -0.39 is 0 Å². The average molecular weight is 442 g/mol. The highest BCUT2D eigenvalue weighted by Gasteiger charge is 2.10. The minimum absolute atomic E-state index is 0.178. The number of benzene rings is 4. The zero-order valence-corrected chi connectivity index (χ0v) is 19.0. The van der Waals surface area contributed by atoms with Gasteiger partial charge in [-0.1, -0.05) is 60.7 Å². The van der Waals surface area contributed by atoms with E-state index in [0.29, 0.717) is 30.8 Å². The van der Waals surface area contributed by atoms with Crippen LogP contribution in [0.2, 0.25) is 0 Å². The number of halogens is 1. The maximum absolute atomic E-state index is 14.5. The van der Waals surface area contributed by atoms with Crippen molar-refractivity contribution in [2.45, 2.75) is 33.2 Å². The van der Waals surface area contributed by atoms with Crippen molar-refractivity contribution in [1.82, 2.24) is 0 Å². The maximum atomic E-state index is 14.5. The summed E-state index contributed by atoms with van der Waals surface area (Å²) in [6, 6.07) is 26.3. The number of hydrogen-bond donors (Lipinski definition) is 1. The van der Waals surface area contributed by atoms with Gasteiger partial charge in [-0.15, -0.1) is 0 Å². The fourth-order valence-electron chi connectivity index (χ4n) is 4.13. The summed E-state index contributed by atoms with van der Waals surface area (Å²) in [6.45, 7) is 4.82. The van der Waals surface area contributed by atoms with Crippen molar-refractivity contribution in [1.29, 1.82) is 0 Å². The maximum Gasteiger partial charge on any atom is 0.306 e. The van der Waals surface area contributed by atoms with Crippen LogP contribution in [-0.2, 0) is 22.5 Å². The van der Waals surface area contributed by atoms with Gasteiger partial charge in [0.05, 0.1) is 6.61 Å². The lowest BCUT2D eigenvalue weighted by atomic mass is 9.93. The van der Waals surface area contributed by atoms with Crippen molar-refractivity contribution in [3.05, 3.63) is 101 Å². The molecule has 33 heavy (non-hydrogen) atoms. The molecule has 0 saturated carbocycles. The van der Waals surface area contributed by atoms with E-state index in [1.165, 1.54) is 33.5 Å². The number of esters is 1. The number of rotatable bonds is 8. The minimum Gasteiger partial charge on any atom is -0.466 e. The summed E-state index contributed by atoms with van der Waals surface area (Å²) in [7, 11) is 0. The first kappa shape index (κ1) is 22.5. The Balaban J connectivity index is 1.48. The highest BCUT2D eigenvalue weighted by molar-refractivity contribution is 5.98. The Labute approximate surface area is 194 Å². The van der Waals surface area contributed by atoms with Gasteiger partial charge < -0.3 is 10.1 Å². The molecule has 0 aliphatic rings. The van der Waals surface area contributed by atoms with E-state index in [1.54, 1.807) is 13.0 Å². The van der Waals surface area contributed by atoms with Crippen molar-refractivity contribution < 1.29 is 13.9 Å². The second kappa shape index (κ2) is 10.3. The molecule has 0 radical (unpaired) electrons.